The van der Waals surface area contributed by atoms with Crippen molar-refractivity contribution in [2.45, 2.75) is 19.4 Å². The van der Waals surface area contributed by atoms with E-state index in [4.69, 9.17) is 5.73 Å². The van der Waals surface area contributed by atoms with E-state index in [0.29, 0.717) is 0 Å². The van der Waals surface area contributed by atoms with Crippen molar-refractivity contribution in [1.82, 2.24) is 15.0 Å². The predicted octanol–water partition coefficient (Wildman–Crippen LogP) is 2.45. The highest BCUT2D eigenvalue weighted by atomic mass is 14.9. The molecule has 0 bridgehead atoms. The van der Waals surface area contributed by atoms with Crippen molar-refractivity contribution in [2.24, 2.45) is 5.73 Å². The lowest BCUT2D eigenvalue weighted by molar-refractivity contribution is 0.710. The Morgan fingerprint density at radius 1 is 1.33 bits per heavy atom. The van der Waals surface area contributed by atoms with E-state index in [1.165, 1.54) is 5.39 Å². The van der Waals surface area contributed by atoms with E-state index in [1.54, 1.807) is 0 Å². The standard InChI is InChI=1S/C14H16N4/c1-9(15)6-14-17-8-13(18-14)11-7-16-12-5-3-2-4-10(11)12/h2-5,7-9,16H,6,15H2,1H3,(H,17,18). The molecule has 4 heteroatoms. The number of hydrogen-bond acceptors (Lipinski definition) is 2. The largest absolute Gasteiger partial charge is 0.360 e. The van der Waals surface area contributed by atoms with Crippen LogP contribution in [0.5, 0.6) is 0 Å². The molecular formula is C14H16N4. The zero-order valence-electron chi connectivity index (χ0n) is 10.3. The third kappa shape index (κ3) is 1.91. The molecule has 0 saturated heterocycles. The molecule has 0 aliphatic carbocycles. The van der Waals surface area contributed by atoms with Crippen LogP contribution in [0.2, 0.25) is 0 Å². The average Bonchev–Trinajstić information content (AvgIpc) is 2.94. The highest BCUT2D eigenvalue weighted by Crippen LogP contribution is 2.26. The number of nitrogens with one attached hydrogen (secondary N) is 2. The second-order valence-electron chi connectivity index (χ2n) is 4.67. The van der Waals surface area contributed by atoms with E-state index in [1.807, 2.05) is 31.5 Å². The molecule has 0 radical (unpaired) electrons. The summed E-state index contributed by atoms with van der Waals surface area (Å²) in [6.07, 6.45) is 4.64. The van der Waals surface area contributed by atoms with Gasteiger partial charge in [0.15, 0.2) is 0 Å². The molecule has 4 nitrogen and oxygen atoms in total. The van der Waals surface area contributed by atoms with Gasteiger partial charge in [0.2, 0.25) is 0 Å². The van der Waals surface area contributed by atoms with Crippen molar-refractivity contribution in [3.05, 3.63) is 42.5 Å². The van der Waals surface area contributed by atoms with Gasteiger partial charge in [-0.2, -0.15) is 0 Å². The molecule has 1 atom stereocenters. The third-order valence-electron chi connectivity index (χ3n) is 3.02. The predicted molar refractivity (Wildman–Crippen MR) is 73.2 cm³/mol. The van der Waals surface area contributed by atoms with Gasteiger partial charge in [0.05, 0.1) is 11.9 Å². The van der Waals surface area contributed by atoms with Gasteiger partial charge < -0.3 is 15.7 Å². The first-order chi connectivity index (χ1) is 8.74. The lowest BCUT2D eigenvalue weighted by atomic mass is 10.1. The Morgan fingerprint density at radius 2 is 2.17 bits per heavy atom. The summed E-state index contributed by atoms with van der Waals surface area (Å²) < 4.78 is 0. The van der Waals surface area contributed by atoms with Gasteiger partial charge in [0, 0.05) is 35.1 Å². The van der Waals surface area contributed by atoms with Crippen molar-refractivity contribution < 1.29 is 0 Å². The Labute approximate surface area is 105 Å². The molecule has 0 fully saturated rings. The highest BCUT2D eigenvalue weighted by Gasteiger charge is 2.09. The maximum absolute atomic E-state index is 5.78. The van der Waals surface area contributed by atoms with Crippen LogP contribution in [0.25, 0.3) is 22.2 Å². The van der Waals surface area contributed by atoms with Gasteiger partial charge in [-0.1, -0.05) is 18.2 Å². The van der Waals surface area contributed by atoms with Crippen LogP contribution >= 0.6 is 0 Å². The second kappa shape index (κ2) is 4.31. The van der Waals surface area contributed by atoms with Gasteiger partial charge in [-0.15, -0.1) is 0 Å². The van der Waals surface area contributed by atoms with Crippen LogP contribution < -0.4 is 5.73 Å². The molecule has 1 unspecified atom stereocenters. The maximum Gasteiger partial charge on any atom is 0.108 e. The molecule has 92 valence electrons. The van der Waals surface area contributed by atoms with E-state index in [2.05, 4.69) is 27.1 Å². The van der Waals surface area contributed by atoms with Crippen molar-refractivity contribution in [2.75, 3.05) is 0 Å². The topological polar surface area (TPSA) is 70.5 Å². The van der Waals surface area contributed by atoms with Crippen molar-refractivity contribution >= 4 is 10.9 Å². The number of aromatic amines is 2. The third-order valence-corrected chi connectivity index (χ3v) is 3.02. The average molecular weight is 240 g/mol. The molecule has 2 heterocycles. The molecule has 3 aromatic rings. The fourth-order valence-corrected chi connectivity index (χ4v) is 2.20. The van der Waals surface area contributed by atoms with Crippen molar-refractivity contribution in [1.29, 1.82) is 0 Å². The van der Waals surface area contributed by atoms with E-state index in [9.17, 15) is 0 Å². The Bertz CT molecular complexity index is 663. The molecule has 0 amide bonds. The monoisotopic (exact) mass is 240 g/mol. The van der Waals surface area contributed by atoms with Gasteiger partial charge >= 0.3 is 0 Å². The van der Waals surface area contributed by atoms with Crippen LogP contribution in [0.3, 0.4) is 0 Å². The summed E-state index contributed by atoms with van der Waals surface area (Å²) in [6.45, 7) is 1.98. The van der Waals surface area contributed by atoms with Gasteiger partial charge in [-0.25, -0.2) is 4.98 Å². The van der Waals surface area contributed by atoms with E-state index >= 15 is 0 Å². The number of H-pyrrole nitrogens is 2. The number of aromatic nitrogens is 3. The minimum absolute atomic E-state index is 0.118. The summed E-state index contributed by atoms with van der Waals surface area (Å²) in [6, 6.07) is 8.35. The number of para-hydroxylation sites is 1. The summed E-state index contributed by atoms with van der Waals surface area (Å²) in [5.41, 5.74) is 9.09. The van der Waals surface area contributed by atoms with E-state index < -0.39 is 0 Å². The fourth-order valence-electron chi connectivity index (χ4n) is 2.20. The van der Waals surface area contributed by atoms with Crippen LogP contribution in [0.1, 0.15) is 12.7 Å². The summed E-state index contributed by atoms with van der Waals surface area (Å²) >= 11 is 0. The lowest BCUT2D eigenvalue weighted by Crippen LogP contribution is -2.18. The van der Waals surface area contributed by atoms with Crippen LogP contribution in [-0.4, -0.2) is 21.0 Å². The van der Waals surface area contributed by atoms with Crippen molar-refractivity contribution in [3.8, 4) is 11.3 Å². The molecule has 0 aliphatic rings. The number of imidazole rings is 1. The first-order valence-electron chi connectivity index (χ1n) is 6.10. The molecule has 2 aromatic heterocycles. The van der Waals surface area contributed by atoms with Crippen molar-refractivity contribution in [3.63, 3.8) is 0 Å². The van der Waals surface area contributed by atoms with Gasteiger partial charge in [-0.05, 0) is 13.0 Å². The number of nitrogens with zero attached hydrogens (tertiary/aromatic N) is 1. The number of rotatable bonds is 3. The summed E-state index contributed by atoms with van der Waals surface area (Å²) in [4.78, 5) is 11.0. The fraction of sp³-hybridized carbons (Fsp3) is 0.214. The zero-order chi connectivity index (χ0) is 12.5. The zero-order valence-corrected chi connectivity index (χ0v) is 10.3. The first-order valence-corrected chi connectivity index (χ1v) is 6.10. The Morgan fingerprint density at radius 3 is 3.00 bits per heavy atom. The van der Waals surface area contributed by atoms with Crippen LogP contribution in [0.15, 0.2) is 36.7 Å². The minimum Gasteiger partial charge on any atom is -0.360 e. The molecule has 1 aromatic carbocycles. The Hall–Kier alpha value is -2.07. The maximum atomic E-state index is 5.78. The summed E-state index contributed by atoms with van der Waals surface area (Å²) in [7, 11) is 0. The van der Waals surface area contributed by atoms with E-state index in [0.717, 1.165) is 29.0 Å². The Kier molecular flexibility index (Phi) is 2.64. The number of hydrogen-bond donors (Lipinski definition) is 3. The normalized spacial score (nSPS) is 13.0. The molecule has 3 rings (SSSR count). The quantitative estimate of drug-likeness (QED) is 0.658. The van der Waals surface area contributed by atoms with Crippen LogP contribution in [0, 0.1) is 0 Å². The van der Waals surface area contributed by atoms with Gasteiger partial charge in [0.1, 0.15) is 5.82 Å². The van der Waals surface area contributed by atoms with E-state index in [-0.39, 0.29) is 6.04 Å². The first kappa shape index (κ1) is 11.0. The highest BCUT2D eigenvalue weighted by molar-refractivity contribution is 5.94. The van der Waals surface area contributed by atoms with Crippen LogP contribution in [-0.2, 0) is 6.42 Å². The summed E-state index contributed by atoms with van der Waals surface area (Å²) in [5, 5.41) is 1.20. The Balaban J connectivity index is 2.01. The molecular weight excluding hydrogens is 224 g/mol. The molecule has 4 N–H and O–H groups in total. The number of fused-ring (bicyclic) bond motifs is 1. The molecule has 0 spiro atoms. The minimum atomic E-state index is 0.118. The SMILES string of the molecule is CC(N)Cc1ncc(-c2c[nH]c3ccccc23)[nH]1. The van der Waals surface area contributed by atoms with Crippen LogP contribution in [0.4, 0.5) is 0 Å². The summed E-state index contributed by atoms with van der Waals surface area (Å²) in [5.74, 6) is 0.935. The molecule has 0 saturated carbocycles. The second-order valence-corrected chi connectivity index (χ2v) is 4.67. The number of nitrogens with two attached hydrogens (primary N) is 1. The molecule has 0 aliphatic heterocycles. The van der Waals surface area contributed by atoms with Gasteiger partial charge in [-0.3, -0.25) is 0 Å². The lowest BCUT2D eigenvalue weighted by Gasteiger charge is -2.00. The smallest absolute Gasteiger partial charge is 0.108 e. The van der Waals surface area contributed by atoms with Gasteiger partial charge in [0.25, 0.3) is 0 Å². The number of benzene rings is 1. The molecule has 18 heavy (non-hydrogen) atoms.